The van der Waals surface area contributed by atoms with Gasteiger partial charge in [0.15, 0.2) is 0 Å². The van der Waals surface area contributed by atoms with Gasteiger partial charge in [0, 0.05) is 31.1 Å². The summed E-state index contributed by atoms with van der Waals surface area (Å²) in [6, 6.07) is 6.76. The number of nitrogens with one attached hydrogen (secondary N) is 1. The Bertz CT molecular complexity index is 871. The summed E-state index contributed by atoms with van der Waals surface area (Å²) in [7, 11) is -3.46. The minimum absolute atomic E-state index is 0.248. The van der Waals surface area contributed by atoms with Crippen LogP contribution in [0, 0.1) is 0 Å². The molecule has 1 aliphatic rings. The largest absolute Gasteiger partial charge is 0.348 e. The Morgan fingerprint density at radius 3 is 2.81 bits per heavy atom. The molecule has 0 unspecified atom stereocenters. The van der Waals surface area contributed by atoms with Gasteiger partial charge in [-0.25, -0.2) is 13.4 Å². The molecule has 1 fully saturated rings. The van der Waals surface area contributed by atoms with E-state index >= 15 is 0 Å². The van der Waals surface area contributed by atoms with Crippen molar-refractivity contribution in [3.63, 3.8) is 0 Å². The first-order valence-electron chi connectivity index (χ1n) is 8.49. The molecule has 0 spiro atoms. The zero-order valence-corrected chi connectivity index (χ0v) is 15.9. The molecule has 1 aromatic carbocycles. The normalized spacial score (nSPS) is 16.0. The van der Waals surface area contributed by atoms with Crippen molar-refractivity contribution in [2.24, 2.45) is 0 Å². The maximum absolute atomic E-state index is 12.7. The number of sulfonamides is 1. The van der Waals surface area contributed by atoms with E-state index in [1.54, 1.807) is 40.2 Å². The number of amides is 1. The number of nitrogens with zero attached hydrogens (tertiary/aromatic N) is 2. The van der Waals surface area contributed by atoms with Gasteiger partial charge in [-0.15, -0.1) is 11.3 Å². The number of hydrogen-bond acceptors (Lipinski definition) is 5. The van der Waals surface area contributed by atoms with E-state index in [-0.39, 0.29) is 17.3 Å². The third-order valence-electron chi connectivity index (χ3n) is 4.17. The van der Waals surface area contributed by atoms with E-state index in [0.29, 0.717) is 13.1 Å². The first-order chi connectivity index (χ1) is 12.6. The maximum Gasteiger partial charge on any atom is 0.244 e. The van der Waals surface area contributed by atoms with Gasteiger partial charge in [-0.1, -0.05) is 18.6 Å². The van der Waals surface area contributed by atoms with Crippen LogP contribution in [0.2, 0.25) is 0 Å². The summed E-state index contributed by atoms with van der Waals surface area (Å²) in [5.41, 5.74) is 3.18. The molecular formula is C18H21N3O3S2. The lowest BCUT2D eigenvalue weighted by Gasteiger charge is -2.26. The van der Waals surface area contributed by atoms with Gasteiger partial charge < -0.3 is 5.32 Å². The highest BCUT2D eigenvalue weighted by Gasteiger charge is 2.25. The molecular weight excluding hydrogens is 370 g/mol. The van der Waals surface area contributed by atoms with Gasteiger partial charge in [-0.05, 0) is 36.6 Å². The first-order valence-corrected chi connectivity index (χ1v) is 10.9. The third-order valence-corrected chi connectivity index (χ3v) is 6.67. The molecule has 0 atom stereocenters. The predicted molar refractivity (Wildman–Crippen MR) is 102 cm³/mol. The number of hydrogen-bond donors (Lipinski definition) is 1. The van der Waals surface area contributed by atoms with Crippen LogP contribution < -0.4 is 5.32 Å². The van der Waals surface area contributed by atoms with Gasteiger partial charge in [0.1, 0.15) is 0 Å². The average Bonchev–Trinajstić information content (AvgIpc) is 3.19. The second-order valence-corrected chi connectivity index (χ2v) is 8.73. The quantitative estimate of drug-likeness (QED) is 0.768. The second-order valence-electron chi connectivity index (χ2n) is 6.08. The number of aromatic nitrogens is 1. The Morgan fingerprint density at radius 2 is 2.08 bits per heavy atom. The fourth-order valence-electron chi connectivity index (χ4n) is 2.78. The minimum Gasteiger partial charge on any atom is -0.348 e. The lowest BCUT2D eigenvalue weighted by molar-refractivity contribution is -0.116. The maximum atomic E-state index is 12.7. The molecule has 2 heterocycles. The Hall–Kier alpha value is -2.03. The Morgan fingerprint density at radius 1 is 1.27 bits per heavy atom. The van der Waals surface area contributed by atoms with Crippen LogP contribution >= 0.6 is 11.3 Å². The number of piperidine rings is 1. The monoisotopic (exact) mass is 391 g/mol. The molecule has 0 bridgehead atoms. The third kappa shape index (κ3) is 4.78. The number of carbonyl (C=O) groups excluding carboxylic acids is 1. The van der Waals surface area contributed by atoms with Crippen LogP contribution in [-0.2, 0) is 21.4 Å². The molecule has 1 aromatic heterocycles. The van der Waals surface area contributed by atoms with E-state index in [2.05, 4.69) is 10.3 Å². The van der Waals surface area contributed by atoms with Crippen molar-refractivity contribution in [2.75, 3.05) is 13.1 Å². The van der Waals surface area contributed by atoms with Gasteiger partial charge in [-0.2, -0.15) is 4.31 Å². The highest BCUT2D eigenvalue weighted by atomic mass is 32.2. The summed E-state index contributed by atoms with van der Waals surface area (Å²) >= 11 is 1.46. The molecule has 1 N–H and O–H groups in total. The fourth-order valence-corrected chi connectivity index (χ4v) is 4.89. The highest BCUT2D eigenvalue weighted by molar-refractivity contribution is 7.89. The van der Waals surface area contributed by atoms with Gasteiger partial charge in [-0.3, -0.25) is 4.79 Å². The standard InChI is InChI=1S/C18H21N3O3S2/c22-18(8-7-16-13-25-14-20-16)19-12-15-5-4-6-17(11-15)26(23,24)21-9-2-1-3-10-21/h4-8,11,13-14H,1-3,9-10,12H2,(H,19,22)/b8-7+. The molecule has 0 saturated carbocycles. The minimum atomic E-state index is -3.46. The molecule has 0 radical (unpaired) electrons. The Balaban J connectivity index is 1.63. The highest BCUT2D eigenvalue weighted by Crippen LogP contribution is 2.21. The van der Waals surface area contributed by atoms with Crippen LogP contribution in [0.25, 0.3) is 6.08 Å². The summed E-state index contributed by atoms with van der Waals surface area (Å²) in [4.78, 5) is 16.2. The zero-order valence-electron chi connectivity index (χ0n) is 14.3. The molecule has 1 saturated heterocycles. The van der Waals surface area contributed by atoms with Gasteiger partial charge in [0.25, 0.3) is 0 Å². The van der Waals surface area contributed by atoms with Crippen molar-refractivity contribution in [1.82, 2.24) is 14.6 Å². The van der Waals surface area contributed by atoms with Crippen molar-refractivity contribution in [2.45, 2.75) is 30.7 Å². The molecule has 1 amide bonds. The van der Waals surface area contributed by atoms with Crippen LogP contribution in [0.4, 0.5) is 0 Å². The van der Waals surface area contributed by atoms with Crippen LogP contribution in [0.15, 0.2) is 46.1 Å². The van der Waals surface area contributed by atoms with Crippen molar-refractivity contribution < 1.29 is 13.2 Å². The van der Waals surface area contributed by atoms with Gasteiger partial charge in [0.05, 0.1) is 16.1 Å². The number of rotatable bonds is 6. The number of benzene rings is 1. The number of thiazole rings is 1. The second kappa shape index (κ2) is 8.57. The van der Waals surface area contributed by atoms with Crippen LogP contribution in [-0.4, -0.2) is 36.7 Å². The van der Waals surface area contributed by atoms with E-state index in [0.717, 1.165) is 30.5 Å². The zero-order chi connectivity index (χ0) is 18.4. The van der Waals surface area contributed by atoms with Crippen molar-refractivity contribution in [3.8, 4) is 0 Å². The Kier molecular flexibility index (Phi) is 6.18. The summed E-state index contributed by atoms with van der Waals surface area (Å²) < 4.78 is 27.0. The molecule has 138 valence electrons. The fraction of sp³-hybridized carbons (Fsp3) is 0.333. The first kappa shape index (κ1) is 18.8. The van der Waals surface area contributed by atoms with E-state index < -0.39 is 10.0 Å². The molecule has 6 nitrogen and oxygen atoms in total. The molecule has 1 aliphatic heterocycles. The SMILES string of the molecule is O=C(/C=C/c1cscn1)NCc1cccc(S(=O)(=O)N2CCCCC2)c1. The lowest BCUT2D eigenvalue weighted by atomic mass is 10.2. The van der Waals surface area contributed by atoms with Crippen molar-refractivity contribution in [3.05, 3.63) is 52.5 Å². The predicted octanol–water partition coefficient (Wildman–Crippen LogP) is 2.65. The smallest absolute Gasteiger partial charge is 0.244 e. The van der Waals surface area contributed by atoms with Crippen LogP contribution in [0.3, 0.4) is 0 Å². The molecule has 8 heteroatoms. The van der Waals surface area contributed by atoms with E-state index in [1.807, 2.05) is 5.38 Å². The average molecular weight is 392 g/mol. The van der Waals surface area contributed by atoms with Gasteiger partial charge >= 0.3 is 0 Å². The van der Waals surface area contributed by atoms with E-state index in [9.17, 15) is 13.2 Å². The molecule has 3 rings (SSSR count). The molecule has 0 aliphatic carbocycles. The summed E-state index contributed by atoms with van der Waals surface area (Å²) in [5, 5.41) is 4.61. The summed E-state index contributed by atoms with van der Waals surface area (Å²) in [6.45, 7) is 1.42. The van der Waals surface area contributed by atoms with Crippen LogP contribution in [0.1, 0.15) is 30.5 Å². The number of carbonyl (C=O) groups is 1. The summed E-state index contributed by atoms with van der Waals surface area (Å²) in [6.07, 6.45) is 5.94. The van der Waals surface area contributed by atoms with Crippen LogP contribution in [0.5, 0.6) is 0 Å². The molecule has 2 aromatic rings. The summed E-state index contributed by atoms with van der Waals surface area (Å²) in [5.74, 6) is -0.248. The van der Waals surface area contributed by atoms with Gasteiger partial charge in [0.2, 0.25) is 15.9 Å². The van der Waals surface area contributed by atoms with E-state index in [1.165, 1.54) is 17.4 Å². The Labute approximate surface area is 157 Å². The van der Waals surface area contributed by atoms with Crippen molar-refractivity contribution >= 4 is 33.3 Å². The topological polar surface area (TPSA) is 79.4 Å². The van der Waals surface area contributed by atoms with Crippen molar-refractivity contribution in [1.29, 1.82) is 0 Å². The lowest BCUT2D eigenvalue weighted by Crippen LogP contribution is -2.35. The van der Waals surface area contributed by atoms with E-state index in [4.69, 9.17) is 0 Å². The molecule has 26 heavy (non-hydrogen) atoms.